The van der Waals surface area contributed by atoms with Gasteiger partial charge in [0.05, 0.1) is 0 Å². The number of nitrogens with two attached hydrogens (primary N) is 1. The molecule has 0 aromatic heterocycles. The second-order valence-corrected chi connectivity index (χ2v) is 5.65. The smallest absolute Gasteiger partial charge is 0.225 e. The number of anilines is 2. The summed E-state index contributed by atoms with van der Waals surface area (Å²) < 4.78 is 0. The molecule has 4 nitrogen and oxygen atoms in total. The van der Waals surface area contributed by atoms with Crippen LogP contribution in [-0.4, -0.2) is 11.7 Å². The van der Waals surface area contributed by atoms with Crippen LogP contribution in [0.3, 0.4) is 0 Å². The Morgan fingerprint density at radius 2 is 1.24 bits per heavy atom. The number of benzene rings is 2. The molecule has 2 aromatic carbocycles. The van der Waals surface area contributed by atoms with E-state index in [9.17, 15) is 0 Å². The Kier molecular flexibility index (Phi) is 9.87. The molecule has 2 N–H and O–H groups in total. The van der Waals surface area contributed by atoms with E-state index in [0.717, 1.165) is 23.5 Å². The first-order valence-corrected chi connectivity index (χ1v) is 7.81. The average molecular weight is 381 g/mol. The third-order valence-electron chi connectivity index (χ3n) is 3.65. The summed E-state index contributed by atoms with van der Waals surface area (Å²) in [6.45, 7) is 8.11. The van der Waals surface area contributed by atoms with Crippen molar-refractivity contribution in [2.75, 3.05) is 4.90 Å². The van der Waals surface area contributed by atoms with Gasteiger partial charge in [0.15, 0.2) is 0 Å². The maximum absolute atomic E-state index is 6.23. The highest BCUT2D eigenvalue weighted by Crippen LogP contribution is 2.25. The third kappa shape index (κ3) is 6.40. The SMILES string of the molecule is CCC(C)=NN=C(N)N(c1ccc(C)cc1)c1ccc(C)cc1.Cl.Cl. The zero-order valence-corrected chi connectivity index (χ0v) is 16.7. The Balaban J connectivity index is 0.00000288. The molecular weight excluding hydrogens is 355 g/mol. The molecule has 0 aliphatic heterocycles. The molecule has 0 saturated carbocycles. The van der Waals surface area contributed by atoms with Crippen molar-refractivity contribution in [3.63, 3.8) is 0 Å². The van der Waals surface area contributed by atoms with Gasteiger partial charge in [0.1, 0.15) is 0 Å². The quantitative estimate of drug-likeness (QED) is 0.439. The zero-order valence-electron chi connectivity index (χ0n) is 15.1. The van der Waals surface area contributed by atoms with Crippen LogP contribution in [0.15, 0.2) is 58.7 Å². The van der Waals surface area contributed by atoms with E-state index >= 15 is 0 Å². The second-order valence-electron chi connectivity index (χ2n) is 5.65. The van der Waals surface area contributed by atoms with Gasteiger partial charge in [-0.05, 0) is 51.5 Å². The van der Waals surface area contributed by atoms with Crippen LogP contribution in [0.5, 0.6) is 0 Å². The summed E-state index contributed by atoms with van der Waals surface area (Å²) in [4.78, 5) is 1.91. The standard InChI is InChI=1S/C19H24N4.2ClH/c1-5-16(4)21-22-19(20)23(17-10-6-14(2)7-11-17)18-12-8-15(3)9-13-18;;/h6-13H,5H2,1-4H3,(H2,20,22);2*1H. The molecule has 136 valence electrons. The molecule has 0 heterocycles. The van der Waals surface area contributed by atoms with Crippen LogP contribution in [0, 0.1) is 13.8 Å². The van der Waals surface area contributed by atoms with Gasteiger partial charge < -0.3 is 5.73 Å². The molecule has 0 fully saturated rings. The van der Waals surface area contributed by atoms with Gasteiger partial charge in [-0.25, -0.2) is 0 Å². The summed E-state index contributed by atoms with van der Waals surface area (Å²) in [6.07, 6.45) is 0.853. The van der Waals surface area contributed by atoms with Crippen molar-refractivity contribution in [1.82, 2.24) is 0 Å². The van der Waals surface area contributed by atoms with E-state index in [1.807, 2.05) is 43.0 Å². The van der Waals surface area contributed by atoms with E-state index in [4.69, 9.17) is 5.73 Å². The van der Waals surface area contributed by atoms with Gasteiger partial charge >= 0.3 is 0 Å². The predicted octanol–water partition coefficient (Wildman–Crippen LogP) is 5.39. The minimum atomic E-state index is 0. The zero-order chi connectivity index (χ0) is 16.8. The molecule has 2 aromatic rings. The number of guanidine groups is 1. The van der Waals surface area contributed by atoms with Crippen LogP contribution in [0.1, 0.15) is 31.4 Å². The number of nitrogens with zero attached hydrogens (tertiary/aromatic N) is 3. The highest BCUT2D eigenvalue weighted by atomic mass is 35.5. The normalized spacial score (nSPS) is 11.4. The summed E-state index contributed by atoms with van der Waals surface area (Å²) in [5.41, 5.74) is 11.5. The van der Waals surface area contributed by atoms with Crippen LogP contribution in [0.2, 0.25) is 0 Å². The molecule has 0 saturated heterocycles. The third-order valence-corrected chi connectivity index (χ3v) is 3.65. The molecule has 0 bridgehead atoms. The van der Waals surface area contributed by atoms with E-state index in [-0.39, 0.29) is 24.8 Å². The van der Waals surface area contributed by atoms with Gasteiger partial charge in [0.2, 0.25) is 5.96 Å². The van der Waals surface area contributed by atoms with Crippen molar-refractivity contribution in [2.45, 2.75) is 34.1 Å². The topological polar surface area (TPSA) is 54.0 Å². The number of aryl methyl sites for hydroxylation is 2. The molecule has 2 rings (SSSR count). The summed E-state index contributed by atoms with van der Waals surface area (Å²) in [7, 11) is 0. The Labute approximate surface area is 162 Å². The van der Waals surface area contributed by atoms with Crippen molar-refractivity contribution in [3.05, 3.63) is 59.7 Å². The van der Waals surface area contributed by atoms with Gasteiger partial charge in [-0.15, -0.1) is 29.9 Å². The Hall–Kier alpha value is -2.04. The lowest BCUT2D eigenvalue weighted by Crippen LogP contribution is -2.33. The van der Waals surface area contributed by atoms with Gasteiger partial charge in [-0.2, -0.15) is 5.10 Å². The largest absolute Gasteiger partial charge is 0.368 e. The molecule has 0 aliphatic carbocycles. The van der Waals surface area contributed by atoms with E-state index in [2.05, 4.69) is 48.3 Å². The van der Waals surface area contributed by atoms with Crippen molar-refractivity contribution in [3.8, 4) is 0 Å². The van der Waals surface area contributed by atoms with Crippen molar-refractivity contribution >= 4 is 47.9 Å². The van der Waals surface area contributed by atoms with E-state index in [0.29, 0.717) is 5.96 Å². The second kappa shape index (κ2) is 10.7. The fourth-order valence-corrected chi connectivity index (χ4v) is 2.05. The first-order valence-electron chi connectivity index (χ1n) is 7.81. The van der Waals surface area contributed by atoms with Crippen LogP contribution in [0.25, 0.3) is 0 Å². The summed E-state index contributed by atoms with van der Waals surface area (Å²) >= 11 is 0. The Bertz CT molecular complexity index is 662. The number of hydrogen-bond acceptors (Lipinski definition) is 2. The Morgan fingerprint density at radius 1 is 0.840 bits per heavy atom. The summed E-state index contributed by atoms with van der Waals surface area (Å²) in [5.74, 6) is 0.352. The molecule has 0 atom stereocenters. The number of hydrogen-bond donors (Lipinski definition) is 1. The molecule has 0 aliphatic rings. The van der Waals surface area contributed by atoms with Crippen LogP contribution < -0.4 is 10.6 Å². The molecule has 0 amide bonds. The van der Waals surface area contributed by atoms with Crippen molar-refractivity contribution in [2.24, 2.45) is 15.9 Å². The van der Waals surface area contributed by atoms with Gasteiger partial charge in [-0.1, -0.05) is 42.3 Å². The van der Waals surface area contributed by atoms with Crippen LogP contribution in [-0.2, 0) is 0 Å². The fourth-order valence-electron chi connectivity index (χ4n) is 2.05. The van der Waals surface area contributed by atoms with Crippen LogP contribution >= 0.6 is 24.8 Å². The monoisotopic (exact) mass is 380 g/mol. The van der Waals surface area contributed by atoms with Gasteiger partial charge in [-0.3, -0.25) is 4.90 Å². The highest BCUT2D eigenvalue weighted by molar-refractivity contribution is 6.02. The Morgan fingerprint density at radius 3 is 1.60 bits per heavy atom. The highest BCUT2D eigenvalue weighted by Gasteiger charge is 2.13. The van der Waals surface area contributed by atoms with E-state index in [1.54, 1.807) is 0 Å². The molecular formula is C19H26Cl2N4. The predicted molar refractivity (Wildman–Crippen MR) is 114 cm³/mol. The van der Waals surface area contributed by atoms with E-state index < -0.39 is 0 Å². The number of rotatable bonds is 4. The summed E-state index contributed by atoms with van der Waals surface area (Å²) in [6, 6.07) is 16.4. The fraction of sp³-hybridized carbons (Fsp3) is 0.263. The lowest BCUT2D eigenvalue weighted by molar-refractivity contribution is 1.13. The number of halogens is 2. The average Bonchev–Trinajstić information content (AvgIpc) is 2.56. The van der Waals surface area contributed by atoms with Crippen LogP contribution in [0.4, 0.5) is 11.4 Å². The molecule has 6 heteroatoms. The lowest BCUT2D eigenvalue weighted by atomic mass is 10.2. The maximum atomic E-state index is 6.23. The van der Waals surface area contributed by atoms with Crippen molar-refractivity contribution < 1.29 is 0 Å². The molecule has 0 unspecified atom stereocenters. The molecule has 25 heavy (non-hydrogen) atoms. The first-order chi connectivity index (χ1) is 11.0. The minimum Gasteiger partial charge on any atom is -0.368 e. The maximum Gasteiger partial charge on any atom is 0.225 e. The minimum absolute atomic E-state index is 0. The first kappa shape index (κ1) is 23.0. The molecule has 0 radical (unpaired) electrons. The van der Waals surface area contributed by atoms with Crippen molar-refractivity contribution in [1.29, 1.82) is 0 Å². The van der Waals surface area contributed by atoms with Gasteiger partial charge in [0, 0.05) is 17.1 Å². The van der Waals surface area contributed by atoms with E-state index in [1.165, 1.54) is 11.1 Å². The lowest BCUT2D eigenvalue weighted by Gasteiger charge is -2.23. The summed E-state index contributed by atoms with van der Waals surface area (Å²) in [5, 5.41) is 8.39. The van der Waals surface area contributed by atoms with Gasteiger partial charge in [0.25, 0.3) is 0 Å². The molecule has 0 spiro atoms.